The van der Waals surface area contributed by atoms with Gasteiger partial charge >= 0.3 is 0 Å². The third kappa shape index (κ3) is 2.40. The molecule has 1 saturated carbocycles. The highest BCUT2D eigenvalue weighted by Crippen LogP contribution is 2.40. The molecule has 0 spiro atoms. The number of aryl methyl sites for hydroxylation is 1. The fourth-order valence-electron chi connectivity index (χ4n) is 2.87. The third-order valence-electron chi connectivity index (χ3n) is 3.91. The van der Waals surface area contributed by atoms with E-state index in [9.17, 15) is 0 Å². The summed E-state index contributed by atoms with van der Waals surface area (Å²) in [5, 5.41) is 0. The fraction of sp³-hybridized carbons (Fsp3) is 0.600. The van der Waals surface area contributed by atoms with Gasteiger partial charge in [-0.05, 0) is 48.8 Å². The summed E-state index contributed by atoms with van der Waals surface area (Å²) < 4.78 is 5.38. The van der Waals surface area contributed by atoms with Crippen LogP contribution in [0, 0.1) is 12.3 Å². The van der Waals surface area contributed by atoms with E-state index in [-0.39, 0.29) is 0 Å². The summed E-state index contributed by atoms with van der Waals surface area (Å²) in [5.74, 6) is 1.03. The van der Waals surface area contributed by atoms with Crippen LogP contribution in [0.15, 0.2) is 18.2 Å². The number of benzene rings is 1. The predicted molar refractivity (Wildman–Crippen MR) is 68.0 cm³/mol. The van der Waals surface area contributed by atoms with Crippen molar-refractivity contribution < 1.29 is 4.74 Å². The Kier molecular flexibility index (Phi) is 3.22. The molecule has 0 saturated heterocycles. The molecule has 0 bridgehead atoms. The summed E-state index contributed by atoms with van der Waals surface area (Å²) in [5.41, 5.74) is 3.18. The van der Waals surface area contributed by atoms with Gasteiger partial charge in [0.05, 0.1) is 7.11 Å². The van der Waals surface area contributed by atoms with Gasteiger partial charge in [-0.15, -0.1) is 0 Å². The molecule has 1 aliphatic carbocycles. The van der Waals surface area contributed by atoms with Crippen molar-refractivity contribution in [3.8, 4) is 5.75 Å². The van der Waals surface area contributed by atoms with Crippen LogP contribution in [0.1, 0.15) is 43.7 Å². The lowest BCUT2D eigenvalue weighted by atomic mass is 9.82. The SMILES string of the molecule is COc1cc(CC2(C)CCCC2)ccc1C. The minimum Gasteiger partial charge on any atom is -0.496 e. The average molecular weight is 218 g/mol. The normalized spacial score (nSPS) is 18.7. The molecular weight excluding hydrogens is 196 g/mol. The molecule has 0 atom stereocenters. The Morgan fingerprint density at radius 2 is 1.94 bits per heavy atom. The highest BCUT2D eigenvalue weighted by Gasteiger charge is 2.28. The van der Waals surface area contributed by atoms with Crippen molar-refractivity contribution in [3.63, 3.8) is 0 Å². The van der Waals surface area contributed by atoms with Crippen molar-refractivity contribution in [2.45, 2.75) is 46.0 Å². The molecule has 0 N–H and O–H groups in total. The molecule has 2 rings (SSSR count). The monoisotopic (exact) mass is 218 g/mol. The van der Waals surface area contributed by atoms with Crippen LogP contribution in [-0.4, -0.2) is 7.11 Å². The van der Waals surface area contributed by atoms with E-state index in [0.717, 1.165) is 5.75 Å². The second-order valence-corrected chi connectivity index (χ2v) is 5.50. The Labute approximate surface area is 98.8 Å². The zero-order valence-electron chi connectivity index (χ0n) is 10.7. The summed E-state index contributed by atoms with van der Waals surface area (Å²) in [7, 11) is 1.75. The molecule has 1 aliphatic rings. The molecule has 0 radical (unpaired) electrons. The smallest absolute Gasteiger partial charge is 0.122 e. The lowest BCUT2D eigenvalue weighted by molar-refractivity contribution is 0.333. The summed E-state index contributed by atoms with van der Waals surface area (Å²) in [6, 6.07) is 6.63. The van der Waals surface area contributed by atoms with Crippen molar-refractivity contribution in [1.82, 2.24) is 0 Å². The quantitative estimate of drug-likeness (QED) is 0.741. The Bertz CT molecular complexity index is 362. The van der Waals surface area contributed by atoms with E-state index in [1.54, 1.807) is 7.11 Å². The van der Waals surface area contributed by atoms with Gasteiger partial charge in [0.2, 0.25) is 0 Å². The van der Waals surface area contributed by atoms with E-state index in [4.69, 9.17) is 4.74 Å². The minimum atomic E-state index is 0.528. The van der Waals surface area contributed by atoms with Gasteiger partial charge in [0.15, 0.2) is 0 Å². The molecule has 1 heteroatoms. The van der Waals surface area contributed by atoms with Crippen LogP contribution in [0.25, 0.3) is 0 Å². The largest absolute Gasteiger partial charge is 0.496 e. The predicted octanol–water partition coefficient (Wildman–Crippen LogP) is 4.13. The van der Waals surface area contributed by atoms with Gasteiger partial charge in [-0.2, -0.15) is 0 Å². The summed E-state index contributed by atoms with van der Waals surface area (Å²) in [4.78, 5) is 0. The van der Waals surface area contributed by atoms with E-state index in [0.29, 0.717) is 5.41 Å². The maximum atomic E-state index is 5.38. The van der Waals surface area contributed by atoms with E-state index >= 15 is 0 Å². The van der Waals surface area contributed by atoms with Crippen LogP contribution in [0.3, 0.4) is 0 Å². The van der Waals surface area contributed by atoms with Crippen LogP contribution in [0.5, 0.6) is 5.75 Å². The first-order valence-corrected chi connectivity index (χ1v) is 6.26. The number of methoxy groups -OCH3 is 1. The second-order valence-electron chi connectivity index (χ2n) is 5.50. The summed E-state index contributed by atoms with van der Waals surface area (Å²) in [6.45, 7) is 4.52. The molecule has 0 heterocycles. The van der Waals surface area contributed by atoms with Crippen LogP contribution in [0.4, 0.5) is 0 Å². The van der Waals surface area contributed by atoms with Gasteiger partial charge in [0.1, 0.15) is 5.75 Å². The van der Waals surface area contributed by atoms with Crippen molar-refractivity contribution in [2.24, 2.45) is 5.41 Å². The molecule has 1 nitrogen and oxygen atoms in total. The summed E-state index contributed by atoms with van der Waals surface area (Å²) >= 11 is 0. The number of hydrogen-bond donors (Lipinski definition) is 0. The van der Waals surface area contributed by atoms with Crippen molar-refractivity contribution >= 4 is 0 Å². The highest BCUT2D eigenvalue weighted by atomic mass is 16.5. The topological polar surface area (TPSA) is 9.23 Å². The Hall–Kier alpha value is -0.980. The van der Waals surface area contributed by atoms with Crippen molar-refractivity contribution in [2.75, 3.05) is 7.11 Å². The van der Waals surface area contributed by atoms with E-state index in [1.165, 1.54) is 43.2 Å². The van der Waals surface area contributed by atoms with Crippen molar-refractivity contribution in [3.05, 3.63) is 29.3 Å². The third-order valence-corrected chi connectivity index (χ3v) is 3.91. The highest BCUT2D eigenvalue weighted by molar-refractivity contribution is 5.37. The number of rotatable bonds is 3. The molecule has 1 aromatic carbocycles. The molecule has 1 aromatic rings. The maximum Gasteiger partial charge on any atom is 0.122 e. The van der Waals surface area contributed by atoms with Gasteiger partial charge < -0.3 is 4.74 Å². The van der Waals surface area contributed by atoms with Gasteiger partial charge in [-0.3, -0.25) is 0 Å². The first kappa shape index (κ1) is 11.5. The Morgan fingerprint density at radius 3 is 2.56 bits per heavy atom. The number of hydrogen-bond acceptors (Lipinski definition) is 1. The van der Waals surface area contributed by atoms with Crippen LogP contribution in [0.2, 0.25) is 0 Å². The zero-order valence-corrected chi connectivity index (χ0v) is 10.7. The maximum absolute atomic E-state index is 5.38. The zero-order chi connectivity index (χ0) is 11.6. The van der Waals surface area contributed by atoms with Crippen LogP contribution >= 0.6 is 0 Å². The minimum absolute atomic E-state index is 0.528. The first-order chi connectivity index (χ1) is 7.63. The van der Waals surface area contributed by atoms with Crippen LogP contribution < -0.4 is 4.74 Å². The first-order valence-electron chi connectivity index (χ1n) is 6.26. The Balaban J connectivity index is 2.15. The van der Waals surface area contributed by atoms with E-state index < -0.39 is 0 Å². The van der Waals surface area contributed by atoms with Crippen molar-refractivity contribution in [1.29, 1.82) is 0 Å². The number of ether oxygens (including phenoxy) is 1. The van der Waals surface area contributed by atoms with Gasteiger partial charge in [-0.25, -0.2) is 0 Å². The van der Waals surface area contributed by atoms with Crippen LogP contribution in [-0.2, 0) is 6.42 Å². The lowest BCUT2D eigenvalue weighted by Crippen LogP contribution is -2.14. The molecule has 0 aliphatic heterocycles. The van der Waals surface area contributed by atoms with E-state index in [2.05, 4.69) is 32.0 Å². The average Bonchev–Trinajstić information content (AvgIpc) is 2.68. The summed E-state index contributed by atoms with van der Waals surface area (Å²) in [6.07, 6.45) is 6.76. The molecule has 16 heavy (non-hydrogen) atoms. The standard InChI is InChI=1S/C15H22O/c1-12-6-7-13(10-14(12)16-3)11-15(2)8-4-5-9-15/h6-7,10H,4-5,8-9,11H2,1-3H3. The Morgan fingerprint density at radius 1 is 1.25 bits per heavy atom. The molecule has 88 valence electrons. The fourth-order valence-corrected chi connectivity index (χ4v) is 2.87. The molecular formula is C15H22O. The molecule has 0 aromatic heterocycles. The molecule has 0 amide bonds. The lowest BCUT2D eigenvalue weighted by Gasteiger charge is -2.23. The van der Waals surface area contributed by atoms with Gasteiger partial charge in [0.25, 0.3) is 0 Å². The molecule has 0 unspecified atom stereocenters. The molecule has 1 fully saturated rings. The van der Waals surface area contributed by atoms with Gasteiger partial charge in [-0.1, -0.05) is 31.9 Å². The van der Waals surface area contributed by atoms with Gasteiger partial charge in [0, 0.05) is 0 Å². The second kappa shape index (κ2) is 4.48. The van der Waals surface area contributed by atoms with E-state index in [1.807, 2.05) is 0 Å².